The molecular weight excluding hydrogens is 182 g/mol. The molecule has 14 heavy (non-hydrogen) atoms. The van der Waals surface area contributed by atoms with Crippen molar-refractivity contribution in [2.24, 2.45) is 5.73 Å². The summed E-state index contributed by atoms with van der Waals surface area (Å²) in [6.45, 7) is 1.86. The molecule has 0 amide bonds. The molecule has 0 aliphatic heterocycles. The monoisotopic (exact) mass is 197 g/mol. The first-order chi connectivity index (χ1) is 6.50. The minimum atomic E-state index is -0.149. The van der Waals surface area contributed by atoms with Crippen LogP contribution in [-0.4, -0.2) is 21.4 Å². The van der Waals surface area contributed by atoms with Crippen LogP contribution in [0.15, 0.2) is 12.1 Å². The molecule has 0 heterocycles. The Kier molecular flexibility index (Phi) is 3.19. The Bertz CT molecular complexity index is 300. The number of rotatable bonds is 3. The average Bonchev–Trinajstić information content (AvgIpc) is 2.01. The van der Waals surface area contributed by atoms with Crippen molar-refractivity contribution in [2.45, 2.75) is 25.8 Å². The summed E-state index contributed by atoms with van der Waals surface area (Å²) in [7, 11) is 0. The molecule has 0 aliphatic rings. The summed E-state index contributed by atoms with van der Waals surface area (Å²) in [5.41, 5.74) is 5.99. The van der Waals surface area contributed by atoms with Crippen LogP contribution in [-0.2, 0) is 6.42 Å². The Balaban J connectivity index is 2.86. The van der Waals surface area contributed by atoms with E-state index in [2.05, 4.69) is 0 Å². The van der Waals surface area contributed by atoms with Gasteiger partial charge in [0.1, 0.15) is 17.2 Å². The quantitative estimate of drug-likeness (QED) is 0.584. The maximum absolute atomic E-state index is 9.42. The van der Waals surface area contributed by atoms with Crippen LogP contribution in [0.25, 0.3) is 0 Å². The molecule has 0 spiro atoms. The zero-order valence-corrected chi connectivity index (χ0v) is 8.07. The fraction of sp³-hybridized carbons (Fsp3) is 0.400. The Morgan fingerprint density at radius 3 is 2.14 bits per heavy atom. The van der Waals surface area contributed by atoms with Gasteiger partial charge in [-0.2, -0.15) is 0 Å². The molecule has 0 saturated heterocycles. The molecular formula is C10H15NO3. The Hall–Kier alpha value is -1.42. The summed E-state index contributed by atoms with van der Waals surface area (Å²) in [5.74, 6) is -0.337. The topological polar surface area (TPSA) is 86.7 Å². The van der Waals surface area contributed by atoms with Gasteiger partial charge in [-0.1, -0.05) is 0 Å². The highest BCUT2D eigenvalue weighted by Gasteiger charge is 2.09. The molecule has 0 bridgehead atoms. The number of phenolic OH excluding ortho intramolecular Hbond substituents is 3. The molecule has 0 saturated carbocycles. The van der Waals surface area contributed by atoms with Crippen LogP contribution in [0, 0.1) is 0 Å². The SMILES string of the molecule is C[C@@H](N)CCc1c(O)cc(O)cc1O. The van der Waals surface area contributed by atoms with E-state index in [0.29, 0.717) is 18.4 Å². The minimum Gasteiger partial charge on any atom is -0.508 e. The number of hydrogen-bond acceptors (Lipinski definition) is 4. The minimum absolute atomic E-state index is 0.0163. The molecule has 0 radical (unpaired) electrons. The lowest BCUT2D eigenvalue weighted by Gasteiger charge is -2.09. The van der Waals surface area contributed by atoms with Crippen molar-refractivity contribution >= 4 is 0 Å². The largest absolute Gasteiger partial charge is 0.508 e. The highest BCUT2D eigenvalue weighted by Crippen LogP contribution is 2.32. The van der Waals surface area contributed by atoms with Crippen LogP contribution in [0.5, 0.6) is 17.2 Å². The van der Waals surface area contributed by atoms with E-state index in [1.165, 1.54) is 12.1 Å². The van der Waals surface area contributed by atoms with Crippen molar-refractivity contribution in [3.63, 3.8) is 0 Å². The smallest absolute Gasteiger partial charge is 0.126 e. The molecule has 4 nitrogen and oxygen atoms in total. The summed E-state index contributed by atoms with van der Waals surface area (Å²) in [6, 6.07) is 2.43. The van der Waals surface area contributed by atoms with Crippen molar-refractivity contribution < 1.29 is 15.3 Å². The molecule has 0 unspecified atom stereocenters. The molecule has 4 heteroatoms. The standard InChI is InChI=1S/C10H15NO3/c1-6(11)2-3-8-9(13)4-7(12)5-10(8)14/h4-6,12-14H,2-3,11H2,1H3/t6-/m1/s1. The second kappa shape index (κ2) is 4.19. The summed E-state index contributed by atoms with van der Waals surface area (Å²) in [5, 5.41) is 27.9. The van der Waals surface area contributed by atoms with Gasteiger partial charge < -0.3 is 21.1 Å². The van der Waals surface area contributed by atoms with Gasteiger partial charge in [0.25, 0.3) is 0 Å². The van der Waals surface area contributed by atoms with Gasteiger partial charge in [-0.15, -0.1) is 0 Å². The molecule has 0 aromatic heterocycles. The average molecular weight is 197 g/mol. The molecule has 1 aromatic carbocycles. The van der Waals surface area contributed by atoms with Gasteiger partial charge in [-0.25, -0.2) is 0 Å². The van der Waals surface area contributed by atoms with E-state index in [-0.39, 0.29) is 23.3 Å². The maximum Gasteiger partial charge on any atom is 0.126 e. The highest BCUT2D eigenvalue weighted by atomic mass is 16.3. The van der Waals surface area contributed by atoms with Crippen molar-refractivity contribution in [1.29, 1.82) is 0 Å². The van der Waals surface area contributed by atoms with Crippen LogP contribution < -0.4 is 5.73 Å². The fourth-order valence-corrected chi connectivity index (χ4v) is 1.26. The van der Waals surface area contributed by atoms with Crippen LogP contribution >= 0.6 is 0 Å². The molecule has 1 rings (SSSR count). The molecule has 0 aliphatic carbocycles. The number of aromatic hydroxyl groups is 3. The first kappa shape index (κ1) is 10.7. The number of nitrogens with two attached hydrogens (primary N) is 1. The predicted octanol–water partition coefficient (Wildman–Crippen LogP) is 1.08. The molecule has 1 atom stereocenters. The Morgan fingerprint density at radius 1 is 1.21 bits per heavy atom. The third-order valence-electron chi connectivity index (χ3n) is 2.04. The van der Waals surface area contributed by atoms with Gasteiger partial charge in [-0.05, 0) is 19.8 Å². The number of hydrogen-bond donors (Lipinski definition) is 4. The van der Waals surface area contributed by atoms with E-state index < -0.39 is 0 Å². The third-order valence-corrected chi connectivity index (χ3v) is 2.04. The molecule has 0 fully saturated rings. The normalized spacial score (nSPS) is 12.7. The lowest BCUT2D eigenvalue weighted by atomic mass is 10.0. The predicted molar refractivity (Wildman–Crippen MR) is 53.4 cm³/mol. The van der Waals surface area contributed by atoms with Crippen molar-refractivity contribution in [2.75, 3.05) is 0 Å². The van der Waals surface area contributed by atoms with E-state index in [0.717, 1.165) is 0 Å². The zero-order chi connectivity index (χ0) is 10.7. The highest BCUT2D eigenvalue weighted by molar-refractivity contribution is 5.48. The van der Waals surface area contributed by atoms with Crippen molar-refractivity contribution in [3.8, 4) is 17.2 Å². The first-order valence-corrected chi connectivity index (χ1v) is 4.50. The summed E-state index contributed by atoms with van der Waals surface area (Å²) < 4.78 is 0. The van der Waals surface area contributed by atoms with E-state index in [4.69, 9.17) is 10.8 Å². The number of benzene rings is 1. The van der Waals surface area contributed by atoms with E-state index in [1.54, 1.807) is 0 Å². The van der Waals surface area contributed by atoms with Gasteiger partial charge in [0.05, 0.1) is 0 Å². The molecule has 1 aromatic rings. The molecule has 78 valence electrons. The van der Waals surface area contributed by atoms with E-state index in [1.807, 2.05) is 6.92 Å². The first-order valence-electron chi connectivity index (χ1n) is 4.50. The summed E-state index contributed by atoms with van der Waals surface area (Å²) in [6.07, 6.45) is 1.17. The lowest BCUT2D eigenvalue weighted by molar-refractivity contribution is 0.417. The van der Waals surface area contributed by atoms with Gasteiger partial charge in [-0.3, -0.25) is 0 Å². The Morgan fingerprint density at radius 2 is 1.71 bits per heavy atom. The van der Waals surface area contributed by atoms with Crippen LogP contribution in [0.4, 0.5) is 0 Å². The van der Waals surface area contributed by atoms with Gasteiger partial charge in [0.15, 0.2) is 0 Å². The number of phenols is 3. The molecule has 5 N–H and O–H groups in total. The maximum atomic E-state index is 9.42. The Labute approximate surface area is 82.6 Å². The van der Waals surface area contributed by atoms with Crippen LogP contribution in [0.3, 0.4) is 0 Å². The zero-order valence-electron chi connectivity index (χ0n) is 8.07. The van der Waals surface area contributed by atoms with Gasteiger partial charge in [0.2, 0.25) is 0 Å². The summed E-state index contributed by atoms with van der Waals surface area (Å²) in [4.78, 5) is 0. The second-order valence-corrected chi connectivity index (χ2v) is 3.48. The van der Waals surface area contributed by atoms with Gasteiger partial charge in [0, 0.05) is 23.7 Å². The van der Waals surface area contributed by atoms with E-state index >= 15 is 0 Å². The van der Waals surface area contributed by atoms with Crippen molar-refractivity contribution in [1.82, 2.24) is 0 Å². The lowest BCUT2D eigenvalue weighted by Crippen LogP contribution is -2.15. The van der Waals surface area contributed by atoms with E-state index in [9.17, 15) is 10.2 Å². The summed E-state index contributed by atoms with van der Waals surface area (Å²) >= 11 is 0. The second-order valence-electron chi connectivity index (χ2n) is 3.48. The van der Waals surface area contributed by atoms with Crippen LogP contribution in [0.2, 0.25) is 0 Å². The van der Waals surface area contributed by atoms with Crippen molar-refractivity contribution in [3.05, 3.63) is 17.7 Å². The van der Waals surface area contributed by atoms with Crippen LogP contribution in [0.1, 0.15) is 18.9 Å². The third kappa shape index (κ3) is 2.53. The fourth-order valence-electron chi connectivity index (χ4n) is 1.26. The van der Waals surface area contributed by atoms with Gasteiger partial charge >= 0.3 is 0 Å².